The van der Waals surface area contributed by atoms with Crippen molar-refractivity contribution in [3.05, 3.63) is 36.3 Å². The van der Waals surface area contributed by atoms with Gasteiger partial charge in [-0.25, -0.2) is 15.0 Å². The standard InChI is InChI=1S/C17H24N6O/c1-13-18-6-5-16(21-13)23-8-3-4-15(11-23)10-20-17(24)12-22-9-7-19-14(22)2/h5-7,9,15H,3-4,8,10-12H2,1-2H3,(H,20,24). The Morgan fingerprint density at radius 1 is 1.33 bits per heavy atom. The van der Waals surface area contributed by atoms with Gasteiger partial charge in [-0.1, -0.05) is 0 Å². The predicted octanol–water partition coefficient (Wildman–Crippen LogP) is 1.32. The fraction of sp³-hybridized carbons (Fsp3) is 0.529. The number of carbonyl (C=O) groups is 1. The molecule has 0 aromatic carbocycles. The molecule has 3 heterocycles. The summed E-state index contributed by atoms with van der Waals surface area (Å²) in [4.78, 5) is 27.2. The summed E-state index contributed by atoms with van der Waals surface area (Å²) in [6.45, 7) is 6.76. The van der Waals surface area contributed by atoms with E-state index in [1.807, 2.05) is 30.7 Å². The van der Waals surface area contributed by atoms with Crippen LogP contribution >= 0.6 is 0 Å². The molecule has 7 nitrogen and oxygen atoms in total. The van der Waals surface area contributed by atoms with Gasteiger partial charge in [0.05, 0.1) is 0 Å². The third-order valence-corrected chi connectivity index (χ3v) is 4.43. The minimum absolute atomic E-state index is 0.0334. The largest absolute Gasteiger partial charge is 0.356 e. The van der Waals surface area contributed by atoms with E-state index in [0.29, 0.717) is 19.0 Å². The number of hydrogen-bond acceptors (Lipinski definition) is 5. The molecule has 2 aromatic heterocycles. The Kier molecular flexibility index (Phi) is 5.08. The average Bonchev–Trinajstić information content (AvgIpc) is 2.98. The summed E-state index contributed by atoms with van der Waals surface area (Å²) >= 11 is 0. The van der Waals surface area contributed by atoms with Crippen LogP contribution in [0.25, 0.3) is 0 Å². The number of imidazole rings is 1. The maximum Gasteiger partial charge on any atom is 0.239 e. The number of nitrogens with zero attached hydrogens (tertiary/aromatic N) is 5. The maximum atomic E-state index is 12.1. The fourth-order valence-electron chi connectivity index (χ4n) is 3.10. The lowest BCUT2D eigenvalue weighted by Gasteiger charge is -2.33. The number of nitrogens with one attached hydrogen (secondary N) is 1. The Bertz CT molecular complexity index is 698. The van der Waals surface area contributed by atoms with Crippen molar-refractivity contribution in [1.29, 1.82) is 0 Å². The molecule has 0 saturated carbocycles. The molecule has 128 valence electrons. The van der Waals surface area contributed by atoms with E-state index in [0.717, 1.165) is 43.4 Å². The van der Waals surface area contributed by atoms with E-state index in [1.165, 1.54) is 0 Å². The molecule has 1 atom stereocenters. The molecule has 7 heteroatoms. The van der Waals surface area contributed by atoms with Gasteiger partial charge in [-0.05, 0) is 38.7 Å². The molecule has 1 amide bonds. The van der Waals surface area contributed by atoms with Crippen LogP contribution in [0.15, 0.2) is 24.7 Å². The minimum atomic E-state index is 0.0334. The van der Waals surface area contributed by atoms with Crippen molar-refractivity contribution in [2.45, 2.75) is 33.2 Å². The van der Waals surface area contributed by atoms with E-state index < -0.39 is 0 Å². The van der Waals surface area contributed by atoms with Gasteiger partial charge in [-0.3, -0.25) is 4.79 Å². The highest BCUT2D eigenvalue weighted by molar-refractivity contribution is 5.75. The second-order valence-corrected chi connectivity index (χ2v) is 6.32. The molecule has 0 aliphatic carbocycles. The van der Waals surface area contributed by atoms with Crippen LogP contribution < -0.4 is 10.2 Å². The maximum absolute atomic E-state index is 12.1. The zero-order valence-electron chi connectivity index (χ0n) is 14.3. The molecule has 1 fully saturated rings. The number of rotatable bonds is 5. The first-order valence-electron chi connectivity index (χ1n) is 8.41. The van der Waals surface area contributed by atoms with Gasteiger partial charge < -0.3 is 14.8 Å². The number of amides is 1. The van der Waals surface area contributed by atoms with E-state index >= 15 is 0 Å². The van der Waals surface area contributed by atoms with Crippen LogP contribution in [0.1, 0.15) is 24.5 Å². The van der Waals surface area contributed by atoms with Crippen molar-refractivity contribution in [2.75, 3.05) is 24.5 Å². The number of hydrogen-bond donors (Lipinski definition) is 1. The van der Waals surface area contributed by atoms with Crippen LogP contribution in [0.2, 0.25) is 0 Å². The van der Waals surface area contributed by atoms with Crippen LogP contribution in [0.3, 0.4) is 0 Å². The lowest BCUT2D eigenvalue weighted by Crippen LogP contribution is -2.42. The van der Waals surface area contributed by atoms with E-state index in [-0.39, 0.29) is 5.91 Å². The van der Waals surface area contributed by atoms with E-state index in [4.69, 9.17) is 0 Å². The highest BCUT2D eigenvalue weighted by Gasteiger charge is 2.21. The first-order chi connectivity index (χ1) is 11.6. The van der Waals surface area contributed by atoms with E-state index in [9.17, 15) is 4.79 Å². The Labute approximate surface area is 142 Å². The van der Waals surface area contributed by atoms with Crippen molar-refractivity contribution in [2.24, 2.45) is 5.92 Å². The smallest absolute Gasteiger partial charge is 0.239 e. The topological polar surface area (TPSA) is 75.9 Å². The normalized spacial score (nSPS) is 17.8. The minimum Gasteiger partial charge on any atom is -0.356 e. The van der Waals surface area contributed by atoms with Gasteiger partial charge in [0.1, 0.15) is 24.0 Å². The van der Waals surface area contributed by atoms with Crippen LogP contribution in [0, 0.1) is 19.8 Å². The zero-order chi connectivity index (χ0) is 16.9. The van der Waals surface area contributed by atoms with Crippen LogP contribution in [0.5, 0.6) is 0 Å². The molecule has 1 N–H and O–H groups in total. The second kappa shape index (κ2) is 7.42. The molecule has 1 unspecified atom stereocenters. The van der Waals surface area contributed by atoms with Crippen molar-refractivity contribution in [3.63, 3.8) is 0 Å². The molecule has 0 radical (unpaired) electrons. The third kappa shape index (κ3) is 4.10. The molecule has 3 rings (SSSR count). The Hall–Kier alpha value is -2.44. The lowest BCUT2D eigenvalue weighted by molar-refractivity contribution is -0.121. The first kappa shape index (κ1) is 16.4. The average molecular weight is 328 g/mol. The number of aromatic nitrogens is 4. The highest BCUT2D eigenvalue weighted by Crippen LogP contribution is 2.21. The van der Waals surface area contributed by atoms with Gasteiger partial charge in [0.15, 0.2) is 0 Å². The molecule has 24 heavy (non-hydrogen) atoms. The summed E-state index contributed by atoms with van der Waals surface area (Å²) < 4.78 is 1.85. The Balaban J connectivity index is 1.50. The van der Waals surface area contributed by atoms with Crippen molar-refractivity contribution in [3.8, 4) is 0 Å². The summed E-state index contributed by atoms with van der Waals surface area (Å²) in [6, 6.07) is 1.95. The summed E-state index contributed by atoms with van der Waals surface area (Å²) in [7, 11) is 0. The molecule has 1 aliphatic heterocycles. The number of piperidine rings is 1. The second-order valence-electron chi connectivity index (χ2n) is 6.32. The molecule has 1 aliphatic rings. The Morgan fingerprint density at radius 2 is 2.21 bits per heavy atom. The first-order valence-corrected chi connectivity index (χ1v) is 8.41. The highest BCUT2D eigenvalue weighted by atomic mass is 16.1. The molecular formula is C17H24N6O. The number of anilines is 1. The quantitative estimate of drug-likeness (QED) is 0.896. The summed E-state index contributed by atoms with van der Waals surface area (Å²) in [5.41, 5.74) is 0. The van der Waals surface area contributed by atoms with Crippen molar-refractivity contribution in [1.82, 2.24) is 24.8 Å². The van der Waals surface area contributed by atoms with Gasteiger partial charge in [-0.2, -0.15) is 0 Å². The van der Waals surface area contributed by atoms with E-state index in [2.05, 4.69) is 25.2 Å². The van der Waals surface area contributed by atoms with Gasteiger partial charge in [0.25, 0.3) is 0 Å². The third-order valence-electron chi connectivity index (χ3n) is 4.43. The summed E-state index contributed by atoms with van der Waals surface area (Å²) in [5, 5.41) is 3.05. The molecular weight excluding hydrogens is 304 g/mol. The monoisotopic (exact) mass is 328 g/mol. The molecule has 1 saturated heterocycles. The number of aryl methyl sites for hydroxylation is 2. The predicted molar refractivity (Wildman–Crippen MR) is 91.7 cm³/mol. The van der Waals surface area contributed by atoms with Crippen LogP contribution in [-0.4, -0.2) is 45.1 Å². The summed E-state index contributed by atoms with van der Waals surface area (Å²) in [5.74, 6) is 3.10. The zero-order valence-corrected chi connectivity index (χ0v) is 14.3. The van der Waals surface area contributed by atoms with Crippen LogP contribution in [0.4, 0.5) is 5.82 Å². The SMILES string of the molecule is Cc1nccc(N2CCCC(CNC(=O)Cn3ccnc3C)C2)n1. The fourth-order valence-corrected chi connectivity index (χ4v) is 3.10. The van der Waals surface area contributed by atoms with Gasteiger partial charge >= 0.3 is 0 Å². The summed E-state index contributed by atoms with van der Waals surface area (Å²) in [6.07, 6.45) is 7.59. The Morgan fingerprint density at radius 3 is 2.96 bits per heavy atom. The van der Waals surface area contributed by atoms with E-state index in [1.54, 1.807) is 12.4 Å². The van der Waals surface area contributed by atoms with Gasteiger partial charge in [-0.15, -0.1) is 0 Å². The van der Waals surface area contributed by atoms with Crippen LogP contribution in [-0.2, 0) is 11.3 Å². The van der Waals surface area contributed by atoms with Crippen molar-refractivity contribution < 1.29 is 4.79 Å². The number of carbonyl (C=O) groups excluding carboxylic acids is 1. The van der Waals surface area contributed by atoms with Crippen molar-refractivity contribution >= 4 is 11.7 Å². The molecule has 0 spiro atoms. The van der Waals surface area contributed by atoms with Gasteiger partial charge in [0.2, 0.25) is 5.91 Å². The van der Waals surface area contributed by atoms with Gasteiger partial charge in [0, 0.05) is 38.2 Å². The molecule has 2 aromatic rings. The lowest BCUT2D eigenvalue weighted by atomic mass is 9.98. The molecule has 0 bridgehead atoms.